The molecule has 0 aliphatic heterocycles. The first kappa shape index (κ1) is 17.7. The lowest BCUT2D eigenvalue weighted by atomic mass is 9.85. The zero-order valence-electron chi connectivity index (χ0n) is 14.2. The quantitative estimate of drug-likeness (QED) is 0.910. The lowest BCUT2D eigenvalue weighted by Gasteiger charge is -2.31. The minimum Gasteiger partial charge on any atom is -0.349 e. The molecule has 0 bridgehead atoms. The number of nitrogens with one attached hydrogen (secondary N) is 1. The van der Waals surface area contributed by atoms with Gasteiger partial charge < -0.3 is 5.32 Å². The summed E-state index contributed by atoms with van der Waals surface area (Å²) in [4.78, 5) is 16.7. The van der Waals surface area contributed by atoms with Gasteiger partial charge >= 0.3 is 6.18 Å². The number of amides is 1. The molecule has 2 heterocycles. The molecule has 0 saturated heterocycles. The van der Waals surface area contributed by atoms with Gasteiger partial charge in [-0.05, 0) is 39.2 Å². The van der Waals surface area contributed by atoms with Gasteiger partial charge in [-0.2, -0.15) is 18.3 Å². The predicted octanol–water partition coefficient (Wildman–Crippen LogP) is 3.86. The number of hydrogen-bond acceptors (Lipinski definition) is 3. The van der Waals surface area contributed by atoms with Crippen LogP contribution in [-0.2, 0) is 0 Å². The molecule has 2 aromatic heterocycles. The van der Waals surface area contributed by atoms with Crippen LogP contribution in [0.3, 0.4) is 0 Å². The van der Waals surface area contributed by atoms with Gasteiger partial charge in [0.25, 0.3) is 5.91 Å². The Morgan fingerprint density at radius 1 is 1.32 bits per heavy atom. The standard InChI is InChI=1S/C17H21F3N4O/c1-10(2)24-15-11(9-22-24)6-12(8-21-15)16(25)23-14-5-3-4-13(7-14)17(18,19)20/h6,8-10,13-14H,3-5,7H2,1-2H3,(H,23,25)/t13-,14-/m1/s1. The van der Waals surface area contributed by atoms with Gasteiger partial charge in [-0.25, -0.2) is 9.67 Å². The average Bonchev–Trinajstić information content (AvgIpc) is 2.97. The molecule has 0 radical (unpaired) electrons. The van der Waals surface area contributed by atoms with Crippen LogP contribution in [0.15, 0.2) is 18.5 Å². The summed E-state index contributed by atoms with van der Waals surface area (Å²) >= 11 is 0. The highest BCUT2D eigenvalue weighted by atomic mass is 19.4. The summed E-state index contributed by atoms with van der Waals surface area (Å²) < 4.78 is 40.4. The van der Waals surface area contributed by atoms with Crippen LogP contribution >= 0.6 is 0 Å². The molecule has 5 nitrogen and oxygen atoms in total. The van der Waals surface area contributed by atoms with Crippen LogP contribution in [0.4, 0.5) is 13.2 Å². The molecule has 136 valence electrons. The molecule has 1 aliphatic rings. The summed E-state index contributed by atoms with van der Waals surface area (Å²) in [5.74, 6) is -1.73. The molecule has 1 amide bonds. The third-order valence-electron chi connectivity index (χ3n) is 4.66. The Hall–Kier alpha value is -2.12. The van der Waals surface area contributed by atoms with Crippen LogP contribution in [0.5, 0.6) is 0 Å². The number of carbonyl (C=O) groups excluding carboxylic acids is 1. The molecule has 0 spiro atoms. The second-order valence-corrected chi connectivity index (χ2v) is 6.90. The Bertz CT molecular complexity index is 769. The van der Waals surface area contributed by atoms with Crippen molar-refractivity contribution in [3.8, 4) is 0 Å². The number of hydrogen-bond donors (Lipinski definition) is 1. The van der Waals surface area contributed by atoms with E-state index in [9.17, 15) is 18.0 Å². The SMILES string of the molecule is CC(C)n1ncc2cc(C(=O)N[C@@H]3CCC[C@@H](C(F)(F)F)C3)cnc21. The number of alkyl halides is 3. The van der Waals surface area contributed by atoms with E-state index >= 15 is 0 Å². The molecular weight excluding hydrogens is 333 g/mol. The first-order valence-electron chi connectivity index (χ1n) is 8.46. The average molecular weight is 354 g/mol. The highest BCUT2D eigenvalue weighted by molar-refractivity contribution is 5.97. The van der Waals surface area contributed by atoms with Crippen LogP contribution in [0.2, 0.25) is 0 Å². The maximum atomic E-state index is 12.9. The van der Waals surface area contributed by atoms with E-state index in [1.54, 1.807) is 16.9 Å². The van der Waals surface area contributed by atoms with E-state index in [-0.39, 0.29) is 24.8 Å². The van der Waals surface area contributed by atoms with Crippen LogP contribution < -0.4 is 5.32 Å². The van der Waals surface area contributed by atoms with Crippen molar-refractivity contribution in [1.82, 2.24) is 20.1 Å². The predicted molar refractivity (Wildman–Crippen MR) is 87.2 cm³/mol. The van der Waals surface area contributed by atoms with Crippen molar-refractivity contribution in [2.75, 3.05) is 0 Å². The first-order valence-corrected chi connectivity index (χ1v) is 8.46. The number of carbonyl (C=O) groups is 1. The Balaban J connectivity index is 1.72. The zero-order chi connectivity index (χ0) is 18.2. The van der Waals surface area contributed by atoms with E-state index in [0.29, 0.717) is 24.1 Å². The molecule has 8 heteroatoms. The Morgan fingerprint density at radius 2 is 2.08 bits per heavy atom. The number of halogens is 3. The minimum atomic E-state index is -4.20. The molecular formula is C17H21F3N4O. The molecule has 1 saturated carbocycles. The lowest BCUT2D eigenvalue weighted by Crippen LogP contribution is -2.41. The molecule has 25 heavy (non-hydrogen) atoms. The van der Waals surface area contributed by atoms with Crippen molar-refractivity contribution >= 4 is 16.9 Å². The Kier molecular flexibility index (Phi) is 4.71. The van der Waals surface area contributed by atoms with Crippen LogP contribution in [0.1, 0.15) is 55.9 Å². The van der Waals surface area contributed by atoms with Crippen molar-refractivity contribution in [1.29, 1.82) is 0 Å². The molecule has 3 rings (SSSR count). The Labute approximate surface area is 143 Å². The van der Waals surface area contributed by atoms with Crippen LogP contribution in [0, 0.1) is 5.92 Å². The summed E-state index contributed by atoms with van der Waals surface area (Å²) in [5, 5.41) is 7.71. The topological polar surface area (TPSA) is 59.8 Å². The summed E-state index contributed by atoms with van der Waals surface area (Å²) in [5.41, 5.74) is 1.02. The molecule has 1 aliphatic carbocycles. The maximum absolute atomic E-state index is 12.9. The van der Waals surface area contributed by atoms with Gasteiger partial charge in [0.15, 0.2) is 5.65 Å². The van der Waals surface area contributed by atoms with Gasteiger partial charge in [0.1, 0.15) is 0 Å². The van der Waals surface area contributed by atoms with E-state index in [0.717, 1.165) is 5.39 Å². The van der Waals surface area contributed by atoms with Crippen molar-refractivity contribution in [3.63, 3.8) is 0 Å². The fourth-order valence-corrected chi connectivity index (χ4v) is 3.33. The number of fused-ring (bicyclic) bond motifs is 1. The third kappa shape index (κ3) is 3.77. The highest BCUT2D eigenvalue weighted by Crippen LogP contribution is 2.37. The molecule has 0 aromatic carbocycles. The zero-order valence-corrected chi connectivity index (χ0v) is 14.2. The molecule has 2 atom stereocenters. The van der Waals surface area contributed by atoms with Gasteiger partial charge in [0, 0.05) is 23.7 Å². The monoisotopic (exact) mass is 354 g/mol. The number of aromatic nitrogens is 3. The summed E-state index contributed by atoms with van der Waals surface area (Å²) in [6, 6.07) is 1.36. The number of rotatable bonds is 3. The van der Waals surface area contributed by atoms with Crippen molar-refractivity contribution in [3.05, 3.63) is 24.0 Å². The normalized spacial score (nSPS) is 21.7. The van der Waals surface area contributed by atoms with Gasteiger partial charge in [-0.15, -0.1) is 0 Å². The first-order chi connectivity index (χ1) is 11.8. The fraction of sp³-hybridized carbons (Fsp3) is 0.588. The van der Waals surface area contributed by atoms with E-state index in [1.807, 2.05) is 13.8 Å². The van der Waals surface area contributed by atoms with Gasteiger partial charge in [-0.3, -0.25) is 4.79 Å². The van der Waals surface area contributed by atoms with Crippen molar-refractivity contribution in [2.45, 2.75) is 57.8 Å². The van der Waals surface area contributed by atoms with Crippen molar-refractivity contribution in [2.24, 2.45) is 5.92 Å². The van der Waals surface area contributed by atoms with E-state index in [4.69, 9.17) is 0 Å². The number of nitrogens with zero attached hydrogens (tertiary/aromatic N) is 3. The van der Waals surface area contributed by atoms with Gasteiger partial charge in [0.2, 0.25) is 0 Å². The smallest absolute Gasteiger partial charge is 0.349 e. The highest BCUT2D eigenvalue weighted by Gasteiger charge is 2.42. The van der Waals surface area contributed by atoms with Gasteiger partial charge in [0.05, 0.1) is 17.7 Å². The molecule has 1 N–H and O–H groups in total. The van der Waals surface area contributed by atoms with Crippen LogP contribution in [0.25, 0.3) is 11.0 Å². The van der Waals surface area contributed by atoms with Crippen molar-refractivity contribution < 1.29 is 18.0 Å². The largest absolute Gasteiger partial charge is 0.391 e. The Morgan fingerprint density at radius 3 is 2.76 bits per heavy atom. The molecule has 0 unspecified atom stereocenters. The fourth-order valence-electron chi connectivity index (χ4n) is 3.33. The number of pyridine rings is 1. The molecule has 2 aromatic rings. The second-order valence-electron chi connectivity index (χ2n) is 6.90. The van der Waals surface area contributed by atoms with E-state index in [1.165, 1.54) is 6.20 Å². The summed E-state index contributed by atoms with van der Waals surface area (Å²) in [7, 11) is 0. The van der Waals surface area contributed by atoms with E-state index < -0.39 is 18.1 Å². The van der Waals surface area contributed by atoms with Crippen LogP contribution in [-0.4, -0.2) is 32.9 Å². The minimum absolute atomic E-state index is 0.0593. The third-order valence-corrected chi connectivity index (χ3v) is 4.66. The lowest BCUT2D eigenvalue weighted by molar-refractivity contribution is -0.183. The maximum Gasteiger partial charge on any atom is 0.391 e. The van der Waals surface area contributed by atoms with Gasteiger partial charge in [-0.1, -0.05) is 6.42 Å². The molecule has 1 fully saturated rings. The second kappa shape index (κ2) is 6.65. The summed E-state index contributed by atoms with van der Waals surface area (Å²) in [6.45, 7) is 3.96. The summed E-state index contributed by atoms with van der Waals surface area (Å²) in [6.07, 6.45) is -0.00218. The van der Waals surface area contributed by atoms with E-state index in [2.05, 4.69) is 15.4 Å².